The van der Waals surface area contributed by atoms with Crippen molar-refractivity contribution in [3.63, 3.8) is 0 Å². The largest absolute Gasteiger partial charge is 0.493 e. The number of hydrogen-bond acceptors (Lipinski definition) is 4. The Morgan fingerprint density at radius 3 is 2.64 bits per heavy atom. The topological polar surface area (TPSA) is 59.6 Å². The maximum atomic E-state index is 12.3. The van der Waals surface area contributed by atoms with E-state index in [-0.39, 0.29) is 11.0 Å². The van der Waals surface area contributed by atoms with Gasteiger partial charge in [-0.1, -0.05) is 25.5 Å². The highest BCUT2D eigenvalue weighted by Crippen LogP contribution is 2.28. The Labute approximate surface area is 185 Å². The molecule has 0 saturated carbocycles. The lowest BCUT2D eigenvalue weighted by Crippen LogP contribution is -2.38. The molecule has 0 heterocycles. The van der Waals surface area contributed by atoms with Crippen molar-refractivity contribution in [2.24, 2.45) is 0 Å². The van der Waals surface area contributed by atoms with E-state index in [1.807, 2.05) is 37.3 Å². The van der Waals surface area contributed by atoms with Crippen LogP contribution in [0.25, 0.3) is 0 Å². The van der Waals surface area contributed by atoms with E-state index in [9.17, 15) is 4.79 Å². The fraction of sp³-hybridized carbons (Fsp3) is 0.333. The fourth-order valence-electron chi connectivity index (χ4n) is 2.40. The summed E-state index contributed by atoms with van der Waals surface area (Å²) in [4.78, 5) is 12.3. The van der Waals surface area contributed by atoms with Crippen LogP contribution in [-0.2, 0) is 6.54 Å². The smallest absolute Gasteiger partial charge is 0.257 e. The molecule has 0 aromatic heterocycles. The summed E-state index contributed by atoms with van der Waals surface area (Å²) in [6.45, 7) is 5.26. The van der Waals surface area contributed by atoms with E-state index in [0.29, 0.717) is 24.5 Å². The number of carbonyl (C=O) groups is 1. The number of nitrogens with one attached hydrogen (secondary N) is 2. The van der Waals surface area contributed by atoms with Crippen LogP contribution in [-0.4, -0.2) is 24.7 Å². The van der Waals surface area contributed by atoms with E-state index in [1.54, 1.807) is 13.2 Å². The minimum atomic E-state index is -0.229. The Balaban J connectivity index is 1.91. The van der Waals surface area contributed by atoms with Crippen molar-refractivity contribution in [2.75, 3.05) is 13.7 Å². The van der Waals surface area contributed by atoms with Crippen LogP contribution >= 0.6 is 34.8 Å². The molecule has 0 atom stereocenters. The van der Waals surface area contributed by atoms with Gasteiger partial charge in [0.05, 0.1) is 13.7 Å². The molecular weight excluding hydrogens is 487 g/mol. The summed E-state index contributed by atoms with van der Waals surface area (Å²) in [5.41, 5.74) is 2.68. The first kappa shape index (κ1) is 22.4. The third kappa shape index (κ3) is 6.63. The molecule has 2 aromatic carbocycles. The number of carbonyl (C=O) groups excluding carboxylic acids is 1. The fourth-order valence-corrected chi connectivity index (χ4v) is 3.08. The molecule has 0 radical (unpaired) electrons. The highest BCUT2D eigenvalue weighted by Gasteiger charge is 2.10. The Bertz CT molecular complexity index is 842. The Morgan fingerprint density at radius 1 is 1.18 bits per heavy atom. The summed E-state index contributed by atoms with van der Waals surface area (Å²) in [5, 5.41) is 6.04. The molecule has 0 unspecified atom stereocenters. The number of aryl methyl sites for hydroxylation is 1. The van der Waals surface area contributed by atoms with Gasteiger partial charge >= 0.3 is 0 Å². The molecule has 28 heavy (non-hydrogen) atoms. The summed E-state index contributed by atoms with van der Waals surface area (Å²) in [5.74, 6) is 1.18. The van der Waals surface area contributed by atoms with Crippen LogP contribution in [0.2, 0.25) is 0 Å². The van der Waals surface area contributed by atoms with Gasteiger partial charge in [-0.25, -0.2) is 0 Å². The van der Waals surface area contributed by atoms with E-state index < -0.39 is 0 Å². The highest BCUT2D eigenvalue weighted by molar-refractivity contribution is 14.1. The number of halogens is 1. The van der Waals surface area contributed by atoms with Crippen LogP contribution in [0.3, 0.4) is 0 Å². The molecule has 0 aliphatic carbocycles. The van der Waals surface area contributed by atoms with Gasteiger partial charge in [-0.05, 0) is 83.5 Å². The van der Waals surface area contributed by atoms with Crippen LogP contribution in [0.15, 0.2) is 36.4 Å². The van der Waals surface area contributed by atoms with Crippen molar-refractivity contribution >= 4 is 45.8 Å². The predicted molar refractivity (Wildman–Crippen MR) is 124 cm³/mol. The summed E-state index contributed by atoms with van der Waals surface area (Å²) in [6.07, 6.45) is 2.08. The molecule has 0 aliphatic heterocycles. The molecule has 0 fully saturated rings. The standard InChI is InChI=1S/C21H25IN2O3S/c1-4-5-10-27-18-9-7-15(11-19(18)26-3)13-23-21(28)24-20(25)16-8-6-14(2)17(22)12-16/h6-9,11-12H,4-5,10,13H2,1-3H3,(H2,23,24,25,28). The molecule has 7 heteroatoms. The Kier molecular flexibility index (Phi) is 8.98. The molecule has 0 saturated heterocycles. The minimum Gasteiger partial charge on any atom is -0.493 e. The zero-order valence-corrected chi connectivity index (χ0v) is 19.3. The van der Waals surface area contributed by atoms with Crippen LogP contribution in [0.5, 0.6) is 11.5 Å². The first-order valence-corrected chi connectivity index (χ1v) is 10.6. The van der Waals surface area contributed by atoms with Gasteiger partial charge in [-0.15, -0.1) is 0 Å². The van der Waals surface area contributed by atoms with Gasteiger partial charge in [-0.2, -0.15) is 0 Å². The van der Waals surface area contributed by atoms with Crippen molar-refractivity contribution in [3.05, 3.63) is 56.7 Å². The van der Waals surface area contributed by atoms with E-state index >= 15 is 0 Å². The molecule has 0 bridgehead atoms. The normalized spacial score (nSPS) is 10.3. The van der Waals surface area contributed by atoms with E-state index in [0.717, 1.165) is 33.3 Å². The number of thiocarbonyl (C=S) groups is 1. The zero-order chi connectivity index (χ0) is 20.5. The lowest BCUT2D eigenvalue weighted by Gasteiger charge is -2.13. The summed E-state index contributed by atoms with van der Waals surface area (Å²) in [7, 11) is 1.62. The van der Waals surface area contributed by atoms with Gasteiger partial charge < -0.3 is 14.8 Å². The second-order valence-corrected chi connectivity index (χ2v) is 7.86. The monoisotopic (exact) mass is 512 g/mol. The molecule has 2 rings (SSSR count). The summed E-state index contributed by atoms with van der Waals surface area (Å²) < 4.78 is 12.2. The van der Waals surface area contributed by atoms with Crippen LogP contribution in [0.4, 0.5) is 0 Å². The van der Waals surface area contributed by atoms with Crippen molar-refractivity contribution in [2.45, 2.75) is 33.2 Å². The van der Waals surface area contributed by atoms with Gasteiger partial charge in [0.2, 0.25) is 0 Å². The molecule has 0 spiro atoms. The molecule has 5 nitrogen and oxygen atoms in total. The lowest BCUT2D eigenvalue weighted by molar-refractivity contribution is 0.0976. The number of methoxy groups -OCH3 is 1. The van der Waals surface area contributed by atoms with Crippen molar-refractivity contribution < 1.29 is 14.3 Å². The van der Waals surface area contributed by atoms with Crippen molar-refractivity contribution in [1.82, 2.24) is 10.6 Å². The molecule has 150 valence electrons. The molecule has 1 amide bonds. The SMILES string of the molecule is CCCCOc1ccc(CNC(=S)NC(=O)c2ccc(C)c(I)c2)cc1OC. The quantitative estimate of drug-likeness (QED) is 0.308. The maximum absolute atomic E-state index is 12.3. The summed E-state index contributed by atoms with van der Waals surface area (Å²) in [6, 6.07) is 11.3. The van der Waals surface area contributed by atoms with Crippen LogP contribution < -0.4 is 20.1 Å². The Morgan fingerprint density at radius 2 is 1.96 bits per heavy atom. The number of rotatable bonds is 8. The zero-order valence-electron chi connectivity index (χ0n) is 16.3. The molecule has 2 aromatic rings. The van der Waals surface area contributed by atoms with Gasteiger partial charge in [0.25, 0.3) is 5.91 Å². The van der Waals surface area contributed by atoms with Gasteiger partial charge in [-0.3, -0.25) is 10.1 Å². The van der Waals surface area contributed by atoms with Crippen LogP contribution in [0, 0.1) is 10.5 Å². The third-order valence-electron chi connectivity index (χ3n) is 4.10. The Hall–Kier alpha value is -1.87. The van der Waals surface area contributed by atoms with Gasteiger partial charge in [0.1, 0.15) is 0 Å². The first-order valence-electron chi connectivity index (χ1n) is 9.09. The van der Waals surface area contributed by atoms with Crippen LogP contribution in [0.1, 0.15) is 41.3 Å². The maximum Gasteiger partial charge on any atom is 0.257 e. The number of benzene rings is 2. The second-order valence-electron chi connectivity index (χ2n) is 6.29. The van der Waals surface area contributed by atoms with E-state index in [1.165, 1.54) is 0 Å². The lowest BCUT2D eigenvalue weighted by atomic mass is 10.1. The first-order chi connectivity index (χ1) is 13.4. The molecule has 2 N–H and O–H groups in total. The molecular formula is C21H25IN2O3S. The number of ether oxygens (including phenoxy) is 2. The van der Waals surface area contributed by atoms with Gasteiger partial charge in [0, 0.05) is 15.7 Å². The number of hydrogen-bond donors (Lipinski definition) is 2. The van der Waals surface area contributed by atoms with Crippen molar-refractivity contribution in [3.8, 4) is 11.5 Å². The molecule has 0 aliphatic rings. The minimum absolute atomic E-state index is 0.229. The average molecular weight is 512 g/mol. The van der Waals surface area contributed by atoms with Crippen molar-refractivity contribution in [1.29, 1.82) is 0 Å². The van der Waals surface area contributed by atoms with E-state index in [2.05, 4.69) is 40.1 Å². The highest BCUT2D eigenvalue weighted by atomic mass is 127. The third-order valence-corrected chi connectivity index (χ3v) is 5.51. The second kappa shape index (κ2) is 11.2. The summed E-state index contributed by atoms with van der Waals surface area (Å²) >= 11 is 7.46. The predicted octanol–water partition coefficient (Wildman–Crippen LogP) is 4.59. The number of unbranched alkanes of at least 4 members (excludes halogenated alkanes) is 1. The van der Waals surface area contributed by atoms with Gasteiger partial charge in [0.15, 0.2) is 16.6 Å². The number of amides is 1. The average Bonchev–Trinajstić information content (AvgIpc) is 2.69. The van der Waals surface area contributed by atoms with E-state index in [4.69, 9.17) is 21.7 Å².